The first-order valence-electron chi connectivity index (χ1n) is 7.86. The number of rotatable bonds is 6. The van der Waals surface area contributed by atoms with Crippen LogP contribution in [0.2, 0.25) is 0 Å². The molecule has 5 nitrogen and oxygen atoms in total. The zero-order valence-electron chi connectivity index (χ0n) is 13.9. The molecule has 0 aromatic heterocycles. The van der Waals surface area contributed by atoms with Gasteiger partial charge in [-0.15, -0.1) is 12.4 Å². The summed E-state index contributed by atoms with van der Waals surface area (Å²) in [5.74, 6) is 1.07. The van der Waals surface area contributed by atoms with E-state index in [1.165, 1.54) is 0 Å². The maximum absolute atomic E-state index is 12.4. The van der Waals surface area contributed by atoms with Crippen LogP contribution in [0.4, 0.5) is 0 Å². The Bertz CT molecular complexity index is 492. The van der Waals surface area contributed by atoms with Gasteiger partial charge in [-0.25, -0.2) is 0 Å². The molecule has 1 aliphatic rings. The van der Waals surface area contributed by atoms with Gasteiger partial charge in [0.1, 0.15) is 12.4 Å². The largest absolute Gasteiger partial charge is 0.491 e. The van der Waals surface area contributed by atoms with Crippen LogP contribution in [0, 0.1) is 12.8 Å². The van der Waals surface area contributed by atoms with Crippen molar-refractivity contribution in [1.29, 1.82) is 0 Å². The van der Waals surface area contributed by atoms with Crippen LogP contribution in [0.1, 0.15) is 18.4 Å². The van der Waals surface area contributed by atoms with Gasteiger partial charge in [-0.1, -0.05) is 18.2 Å². The Hall–Kier alpha value is -1.30. The number of hydrogen-bond acceptors (Lipinski definition) is 4. The van der Waals surface area contributed by atoms with Crippen LogP contribution in [0.5, 0.6) is 5.75 Å². The molecule has 6 heteroatoms. The molecular weight excluding hydrogens is 316 g/mol. The number of carbonyl (C=O) groups is 1. The molecule has 0 radical (unpaired) electrons. The molecule has 1 aromatic carbocycles. The van der Waals surface area contributed by atoms with E-state index in [0.717, 1.165) is 24.2 Å². The SMILES string of the molecule is Cc1ccccc1OCCN(C)C(=O)C(N)C1CCOCC1.Cl. The van der Waals surface area contributed by atoms with Crippen molar-refractivity contribution >= 4 is 18.3 Å². The lowest BCUT2D eigenvalue weighted by Gasteiger charge is -2.29. The number of nitrogens with two attached hydrogens (primary N) is 1. The zero-order chi connectivity index (χ0) is 15.9. The summed E-state index contributed by atoms with van der Waals surface area (Å²) >= 11 is 0. The second-order valence-corrected chi connectivity index (χ2v) is 5.85. The fourth-order valence-corrected chi connectivity index (χ4v) is 2.65. The van der Waals surface area contributed by atoms with E-state index in [0.29, 0.717) is 26.4 Å². The van der Waals surface area contributed by atoms with E-state index in [1.807, 2.05) is 31.2 Å². The lowest BCUT2D eigenvalue weighted by molar-refractivity contribution is -0.133. The molecule has 1 saturated heterocycles. The summed E-state index contributed by atoms with van der Waals surface area (Å²) in [4.78, 5) is 14.0. The molecule has 1 aliphatic heterocycles. The first-order valence-corrected chi connectivity index (χ1v) is 7.86. The van der Waals surface area contributed by atoms with Gasteiger partial charge in [0.15, 0.2) is 0 Å². The number of nitrogens with zero attached hydrogens (tertiary/aromatic N) is 1. The van der Waals surface area contributed by atoms with E-state index >= 15 is 0 Å². The topological polar surface area (TPSA) is 64.8 Å². The van der Waals surface area contributed by atoms with Crippen LogP contribution >= 0.6 is 12.4 Å². The van der Waals surface area contributed by atoms with Crippen molar-refractivity contribution in [3.8, 4) is 5.75 Å². The third kappa shape index (κ3) is 5.68. The molecule has 1 fully saturated rings. The number of para-hydroxylation sites is 1. The van der Waals surface area contributed by atoms with Gasteiger partial charge in [0.05, 0.1) is 12.6 Å². The summed E-state index contributed by atoms with van der Waals surface area (Å²) in [6.07, 6.45) is 1.72. The number of ether oxygens (including phenoxy) is 2. The van der Waals surface area contributed by atoms with Crippen molar-refractivity contribution in [1.82, 2.24) is 4.90 Å². The summed E-state index contributed by atoms with van der Waals surface area (Å²) in [5, 5.41) is 0. The van der Waals surface area contributed by atoms with Gasteiger partial charge in [-0.05, 0) is 37.3 Å². The predicted molar refractivity (Wildman–Crippen MR) is 93.1 cm³/mol. The van der Waals surface area contributed by atoms with Crippen LogP contribution in [0.3, 0.4) is 0 Å². The second-order valence-electron chi connectivity index (χ2n) is 5.85. The van der Waals surface area contributed by atoms with Crippen LogP contribution < -0.4 is 10.5 Å². The standard InChI is InChI=1S/C17H26N2O3.ClH/c1-13-5-3-4-6-15(13)22-12-9-19(2)17(20)16(18)14-7-10-21-11-8-14;/h3-6,14,16H,7-12,18H2,1-2H3;1H. The van der Waals surface area contributed by atoms with Crippen molar-refractivity contribution in [2.45, 2.75) is 25.8 Å². The van der Waals surface area contributed by atoms with Gasteiger partial charge < -0.3 is 20.1 Å². The fourth-order valence-electron chi connectivity index (χ4n) is 2.65. The summed E-state index contributed by atoms with van der Waals surface area (Å²) < 4.78 is 11.0. The van der Waals surface area contributed by atoms with Crippen molar-refractivity contribution in [3.63, 3.8) is 0 Å². The van der Waals surface area contributed by atoms with Crippen molar-refractivity contribution in [3.05, 3.63) is 29.8 Å². The monoisotopic (exact) mass is 342 g/mol. The van der Waals surface area contributed by atoms with E-state index in [-0.39, 0.29) is 24.2 Å². The average molecular weight is 343 g/mol. The van der Waals surface area contributed by atoms with Crippen LogP contribution in [0.15, 0.2) is 24.3 Å². The third-order valence-corrected chi connectivity index (χ3v) is 4.21. The van der Waals surface area contributed by atoms with Crippen LogP contribution in [-0.2, 0) is 9.53 Å². The predicted octanol–water partition coefficient (Wildman–Crippen LogP) is 2.01. The van der Waals surface area contributed by atoms with Gasteiger partial charge in [-0.3, -0.25) is 4.79 Å². The quantitative estimate of drug-likeness (QED) is 0.859. The second kappa shape index (κ2) is 9.75. The Kier molecular flexibility index (Phi) is 8.37. The Labute approximate surface area is 144 Å². The van der Waals surface area contributed by atoms with Gasteiger partial charge >= 0.3 is 0 Å². The van der Waals surface area contributed by atoms with Crippen LogP contribution in [-0.4, -0.2) is 50.3 Å². The molecule has 130 valence electrons. The van der Waals surface area contributed by atoms with Gasteiger partial charge in [0.25, 0.3) is 0 Å². The summed E-state index contributed by atoms with van der Waals surface area (Å²) in [6.45, 7) is 4.40. The fraction of sp³-hybridized carbons (Fsp3) is 0.588. The van der Waals surface area contributed by atoms with Crippen molar-refractivity contribution in [2.24, 2.45) is 11.7 Å². The summed E-state index contributed by atoms with van der Waals surface area (Å²) in [5.41, 5.74) is 7.21. The highest BCUT2D eigenvalue weighted by Crippen LogP contribution is 2.19. The molecule has 0 aliphatic carbocycles. The zero-order valence-corrected chi connectivity index (χ0v) is 14.7. The number of halogens is 1. The third-order valence-electron chi connectivity index (χ3n) is 4.21. The molecular formula is C17H27ClN2O3. The molecule has 2 N–H and O–H groups in total. The van der Waals surface area contributed by atoms with Crippen molar-refractivity contribution in [2.75, 3.05) is 33.4 Å². The van der Waals surface area contributed by atoms with Crippen molar-refractivity contribution < 1.29 is 14.3 Å². The minimum atomic E-state index is -0.438. The first kappa shape index (κ1) is 19.7. The lowest BCUT2D eigenvalue weighted by Crippen LogP contribution is -2.48. The van der Waals surface area contributed by atoms with E-state index in [2.05, 4.69) is 0 Å². The number of benzene rings is 1. The Morgan fingerprint density at radius 1 is 1.39 bits per heavy atom. The maximum Gasteiger partial charge on any atom is 0.239 e. The lowest BCUT2D eigenvalue weighted by atomic mass is 9.91. The molecule has 2 rings (SSSR count). The maximum atomic E-state index is 12.4. The smallest absolute Gasteiger partial charge is 0.239 e. The van der Waals surface area contributed by atoms with E-state index < -0.39 is 6.04 Å². The summed E-state index contributed by atoms with van der Waals surface area (Å²) in [7, 11) is 1.78. The number of aryl methyl sites for hydroxylation is 1. The number of carbonyl (C=O) groups excluding carboxylic acids is 1. The highest BCUT2D eigenvalue weighted by atomic mass is 35.5. The normalized spacial score (nSPS) is 16.3. The Morgan fingerprint density at radius 3 is 2.70 bits per heavy atom. The summed E-state index contributed by atoms with van der Waals surface area (Å²) in [6, 6.07) is 7.42. The molecule has 1 unspecified atom stereocenters. The molecule has 23 heavy (non-hydrogen) atoms. The Balaban J connectivity index is 0.00000264. The first-order chi connectivity index (χ1) is 10.6. The highest BCUT2D eigenvalue weighted by Gasteiger charge is 2.28. The minimum Gasteiger partial charge on any atom is -0.491 e. The molecule has 1 heterocycles. The highest BCUT2D eigenvalue weighted by molar-refractivity contribution is 5.85. The molecule has 1 amide bonds. The number of hydrogen-bond donors (Lipinski definition) is 1. The van der Waals surface area contributed by atoms with Gasteiger partial charge in [0.2, 0.25) is 5.91 Å². The van der Waals surface area contributed by atoms with Gasteiger partial charge in [-0.2, -0.15) is 0 Å². The van der Waals surface area contributed by atoms with E-state index in [1.54, 1.807) is 11.9 Å². The average Bonchev–Trinajstić information content (AvgIpc) is 2.56. The van der Waals surface area contributed by atoms with E-state index in [9.17, 15) is 4.79 Å². The Morgan fingerprint density at radius 2 is 2.04 bits per heavy atom. The molecule has 1 aromatic rings. The van der Waals surface area contributed by atoms with Crippen LogP contribution in [0.25, 0.3) is 0 Å². The minimum absolute atomic E-state index is 0. The molecule has 0 spiro atoms. The van der Waals surface area contributed by atoms with Gasteiger partial charge in [0, 0.05) is 20.3 Å². The molecule has 0 bridgehead atoms. The number of likely N-dealkylation sites (N-methyl/N-ethyl adjacent to an activating group) is 1. The number of amides is 1. The molecule has 0 saturated carbocycles. The van der Waals surface area contributed by atoms with E-state index in [4.69, 9.17) is 15.2 Å². The molecule has 1 atom stereocenters.